The molecule has 3 N–H and O–H groups in total. The number of benzene rings is 1. The Hall–Kier alpha value is -0.900. The lowest BCUT2D eigenvalue weighted by Crippen LogP contribution is -2.36. The maximum atomic E-state index is 9.07. The summed E-state index contributed by atoms with van der Waals surface area (Å²) in [5.41, 5.74) is 7.25. The molecule has 3 nitrogen and oxygen atoms in total. The molecule has 0 aromatic heterocycles. The molecule has 1 atom stereocenters. The molecule has 0 amide bonds. The Kier molecular flexibility index (Phi) is 3.63. The third-order valence-electron chi connectivity index (χ3n) is 2.25. The highest BCUT2D eigenvalue weighted by atomic mass is 16.5. The minimum absolute atomic E-state index is 0.0589. The van der Waals surface area contributed by atoms with Crippen molar-refractivity contribution in [1.29, 1.82) is 0 Å². The molecule has 1 rings (SSSR count). The SMILES string of the molecule is COCc1ccc(C(C)(N)CO)cc1. The molecule has 0 saturated heterocycles. The summed E-state index contributed by atoms with van der Waals surface area (Å²) in [6.45, 7) is 2.34. The topological polar surface area (TPSA) is 55.5 Å². The molecule has 1 unspecified atom stereocenters. The van der Waals surface area contributed by atoms with Crippen molar-refractivity contribution < 1.29 is 9.84 Å². The lowest BCUT2D eigenvalue weighted by atomic mass is 9.93. The van der Waals surface area contributed by atoms with Crippen LogP contribution < -0.4 is 5.73 Å². The van der Waals surface area contributed by atoms with Crippen molar-refractivity contribution in [2.24, 2.45) is 5.73 Å². The normalized spacial score (nSPS) is 15.1. The largest absolute Gasteiger partial charge is 0.394 e. The summed E-state index contributed by atoms with van der Waals surface area (Å²) in [7, 11) is 1.66. The first kappa shape index (κ1) is 11.2. The first-order valence-corrected chi connectivity index (χ1v) is 4.58. The molecule has 1 aromatic rings. The van der Waals surface area contributed by atoms with Gasteiger partial charge in [0.2, 0.25) is 0 Å². The summed E-state index contributed by atoms with van der Waals surface area (Å²) < 4.78 is 5.00. The van der Waals surface area contributed by atoms with Gasteiger partial charge in [-0.1, -0.05) is 24.3 Å². The van der Waals surface area contributed by atoms with Gasteiger partial charge in [-0.3, -0.25) is 0 Å². The third kappa shape index (κ3) is 2.54. The Balaban J connectivity index is 2.82. The van der Waals surface area contributed by atoms with Crippen LogP contribution in [0.5, 0.6) is 0 Å². The van der Waals surface area contributed by atoms with Crippen LogP contribution in [0.1, 0.15) is 18.1 Å². The van der Waals surface area contributed by atoms with E-state index in [9.17, 15) is 0 Å². The van der Waals surface area contributed by atoms with Gasteiger partial charge in [-0.15, -0.1) is 0 Å². The summed E-state index contributed by atoms with van der Waals surface area (Å²) in [6.07, 6.45) is 0. The van der Waals surface area contributed by atoms with E-state index in [-0.39, 0.29) is 6.61 Å². The van der Waals surface area contributed by atoms with Gasteiger partial charge in [0.25, 0.3) is 0 Å². The van der Waals surface area contributed by atoms with Crippen molar-refractivity contribution in [3.05, 3.63) is 35.4 Å². The molecule has 0 heterocycles. The van der Waals surface area contributed by atoms with Crippen LogP contribution in [-0.2, 0) is 16.9 Å². The van der Waals surface area contributed by atoms with Crippen molar-refractivity contribution in [3.8, 4) is 0 Å². The second-order valence-corrected chi connectivity index (χ2v) is 3.71. The number of nitrogens with two attached hydrogens (primary N) is 1. The van der Waals surface area contributed by atoms with Crippen LogP contribution in [0.25, 0.3) is 0 Å². The van der Waals surface area contributed by atoms with Crippen LogP contribution in [-0.4, -0.2) is 18.8 Å². The molecule has 0 fully saturated rings. The minimum atomic E-state index is -0.661. The fourth-order valence-electron chi connectivity index (χ4n) is 1.24. The van der Waals surface area contributed by atoms with Gasteiger partial charge >= 0.3 is 0 Å². The Morgan fingerprint density at radius 2 is 1.93 bits per heavy atom. The van der Waals surface area contributed by atoms with E-state index in [4.69, 9.17) is 15.6 Å². The van der Waals surface area contributed by atoms with E-state index >= 15 is 0 Å². The quantitative estimate of drug-likeness (QED) is 0.753. The fourth-order valence-corrected chi connectivity index (χ4v) is 1.24. The Labute approximate surface area is 84.5 Å². The summed E-state index contributed by atoms with van der Waals surface area (Å²) in [5.74, 6) is 0. The molecule has 14 heavy (non-hydrogen) atoms. The number of methoxy groups -OCH3 is 1. The molecular weight excluding hydrogens is 178 g/mol. The standard InChI is InChI=1S/C11H17NO2/c1-11(12,8-13)10-5-3-9(4-6-10)7-14-2/h3-6,13H,7-8,12H2,1-2H3. The fraction of sp³-hybridized carbons (Fsp3) is 0.455. The summed E-state index contributed by atoms with van der Waals surface area (Å²) in [5, 5.41) is 9.07. The number of aliphatic hydroxyl groups is 1. The number of hydrogen-bond acceptors (Lipinski definition) is 3. The van der Waals surface area contributed by atoms with Crippen LogP contribution in [0.15, 0.2) is 24.3 Å². The van der Waals surface area contributed by atoms with Crippen LogP contribution in [0.2, 0.25) is 0 Å². The Morgan fingerprint density at radius 3 is 2.36 bits per heavy atom. The van der Waals surface area contributed by atoms with Gasteiger partial charge < -0.3 is 15.6 Å². The number of ether oxygens (including phenoxy) is 1. The van der Waals surface area contributed by atoms with Crippen molar-refractivity contribution in [3.63, 3.8) is 0 Å². The summed E-state index contributed by atoms with van der Waals surface area (Å²) in [6, 6.07) is 7.76. The Bertz CT molecular complexity index is 280. The summed E-state index contributed by atoms with van der Waals surface area (Å²) >= 11 is 0. The highest BCUT2D eigenvalue weighted by Gasteiger charge is 2.19. The molecular formula is C11H17NO2. The maximum Gasteiger partial charge on any atom is 0.0713 e. The lowest BCUT2D eigenvalue weighted by molar-refractivity contribution is 0.184. The predicted octanol–water partition coefficient (Wildman–Crippen LogP) is 0.999. The van der Waals surface area contributed by atoms with Gasteiger partial charge in [0, 0.05) is 7.11 Å². The summed E-state index contributed by atoms with van der Waals surface area (Å²) in [4.78, 5) is 0. The predicted molar refractivity (Wildman–Crippen MR) is 55.8 cm³/mol. The average molecular weight is 195 g/mol. The van der Waals surface area contributed by atoms with Gasteiger partial charge in [-0.05, 0) is 18.1 Å². The second kappa shape index (κ2) is 4.55. The van der Waals surface area contributed by atoms with E-state index < -0.39 is 5.54 Å². The smallest absolute Gasteiger partial charge is 0.0713 e. The highest BCUT2D eigenvalue weighted by molar-refractivity contribution is 5.27. The van der Waals surface area contributed by atoms with Crippen LogP contribution in [0.4, 0.5) is 0 Å². The Morgan fingerprint density at radius 1 is 1.36 bits per heavy atom. The molecule has 3 heteroatoms. The van der Waals surface area contributed by atoms with E-state index in [1.54, 1.807) is 14.0 Å². The molecule has 0 saturated carbocycles. The van der Waals surface area contributed by atoms with E-state index in [0.29, 0.717) is 6.61 Å². The van der Waals surface area contributed by atoms with Crippen molar-refractivity contribution >= 4 is 0 Å². The number of rotatable bonds is 4. The van der Waals surface area contributed by atoms with Gasteiger partial charge in [-0.25, -0.2) is 0 Å². The molecule has 0 spiro atoms. The van der Waals surface area contributed by atoms with Crippen LogP contribution >= 0.6 is 0 Å². The van der Waals surface area contributed by atoms with E-state index in [1.807, 2.05) is 24.3 Å². The number of aliphatic hydroxyl groups excluding tert-OH is 1. The van der Waals surface area contributed by atoms with Gasteiger partial charge in [-0.2, -0.15) is 0 Å². The molecule has 78 valence electrons. The second-order valence-electron chi connectivity index (χ2n) is 3.71. The molecule has 0 aliphatic heterocycles. The minimum Gasteiger partial charge on any atom is -0.394 e. The lowest BCUT2D eigenvalue weighted by Gasteiger charge is -2.22. The molecule has 0 aliphatic carbocycles. The molecule has 0 radical (unpaired) electrons. The molecule has 0 aliphatic rings. The van der Waals surface area contributed by atoms with Crippen molar-refractivity contribution in [2.45, 2.75) is 19.1 Å². The van der Waals surface area contributed by atoms with E-state index in [0.717, 1.165) is 11.1 Å². The van der Waals surface area contributed by atoms with Gasteiger partial charge in [0.05, 0.1) is 18.8 Å². The van der Waals surface area contributed by atoms with Crippen molar-refractivity contribution in [1.82, 2.24) is 0 Å². The average Bonchev–Trinajstić information content (AvgIpc) is 2.19. The zero-order valence-corrected chi connectivity index (χ0v) is 8.66. The van der Waals surface area contributed by atoms with Crippen LogP contribution in [0, 0.1) is 0 Å². The number of hydrogen-bond donors (Lipinski definition) is 2. The monoisotopic (exact) mass is 195 g/mol. The zero-order valence-electron chi connectivity index (χ0n) is 8.66. The van der Waals surface area contributed by atoms with E-state index in [2.05, 4.69) is 0 Å². The first-order valence-electron chi connectivity index (χ1n) is 4.58. The molecule has 1 aromatic carbocycles. The van der Waals surface area contributed by atoms with E-state index in [1.165, 1.54) is 0 Å². The highest BCUT2D eigenvalue weighted by Crippen LogP contribution is 2.17. The maximum absolute atomic E-state index is 9.07. The van der Waals surface area contributed by atoms with Crippen molar-refractivity contribution in [2.75, 3.05) is 13.7 Å². The first-order chi connectivity index (χ1) is 6.60. The zero-order chi connectivity index (χ0) is 10.6. The van der Waals surface area contributed by atoms with Crippen LogP contribution in [0.3, 0.4) is 0 Å². The third-order valence-corrected chi connectivity index (χ3v) is 2.25. The van der Waals surface area contributed by atoms with Gasteiger partial charge in [0.1, 0.15) is 0 Å². The van der Waals surface area contributed by atoms with Gasteiger partial charge in [0.15, 0.2) is 0 Å². The molecule has 0 bridgehead atoms.